The highest BCUT2D eigenvalue weighted by Gasteiger charge is 2.25. The third kappa shape index (κ3) is 2.87. The van der Waals surface area contributed by atoms with E-state index in [0.29, 0.717) is 17.7 Å². The Hall–Kier alpha value is -1.78. The molecule has 1 aromatic rings. The molecule has 0 unspecified atom stereocenters. The summed E-state index contributed by atoms with van der Waals surface area (Å²) < 4.78 is 10.2. The van der Waals surface area contributed by atoms with Crippen LogP contribution in [0.4, 0.5) is 0 Å². The smallest absolute Gasteiger partial charge is 0.343 e. The molecule has 0 saturated heterocycles. The van der Waals surface area contributed by atoms with E-state index in [4.69, 9.17) is 14.3 Å². The summed E-state index contributed by atoms with van der Waals surface area (Å²) in [5.41, 5.74) is 0.466. The zero-order valence-corrected chi connectivity index (χ0v) is 10.2. The van der Waals surface area contributed by atoms with E-state index in [1.54, 1.807) is 13.8 Å². The fourth-order valence-corrected chi connectivity index (χ4v) is 1.49. The van der Waals surface area contributed by atoms with Gasteiger partial charge in [0.2, 0.25) is 0 Å². The Kier molecular flexibility index (Phi) is 4.31. The predicted molar refractivity (Wildman–Crippen MR) is 60.3 cm³/mol. The molecular formula is C12H16O5. The molecule has 1 aromatic heterocycles. The van der Waals surface area contributed by atoms with Crippen LogP contribution >= 0.6 is 0 Å². The molecule has 1 heterocycles. The minimum Gasteiger partial charge on any atom is -0.477 e. The van der Waals surface area contributed by atoms with Crippen LogP contribution < -0.4 is 4.74 Å². The summed E-state index contributed by atoms with van der Waals surface area (Å²) in [6.45, 7) is 5.24. The van der Waals surface area contributed by atoms with E-state index in [0.717, 1.165) is 6.42 Å². The van der Waals surface area contributed by atoms with Crippen molar-refractivity contribution in [2.75, 3.05) is 0 Å². The van der Waals surface area contributed by atoms with Crippen LogP contribution in [0.5, 0.6) is 5.95 Å². The molecule has 0 aliphatic rings. The highest BCUT2D eigenvalue weighted by atomic mass is 16.6. The fourth-order valence-electron chi connectivity index (χ4n) is 1.49. The summed E-state index contributed by atoms with van der Waals surface area (Å²) in [5, 5.41) is 9.06. The molecule has 5 nitrogen and oxygen atoms in total. The molecule has 0 amide bonds. The second-order valence-electron chi connectivity index (χ2n) is 3.70. The normalized spacial score (nSPS) is 10.3. The number of carboxylic acids is 1. The number of aryl methyl sites for hydroxylation is 1. The molecule has 0 aliphatic carbocycles. The van der Waals surface area contributed by atoms with Crippen LogP contribution in [0.1, 0.15) is 48.4 Å². The Labute approximate surface area is 99.4 Å². The van der Waals surface area contributed by atoms with Crippen molar-refractivity contribution in [3.8, 4) is 5.95 Å². The van der Waals surface area contributed by atoms with Gasteiger partial charge < -0.3 is 14.3 Å². The molecule has 17 heavy (non-hydrogen) atoms. The van der Waals surface area contributed by atoms with Gasteiger partial charge in [-0.25, -0.2) is 4.79 Å². The number of aromatic carboxylic acids is 1. The van der Waals surface area contributed by atoms with E-state index >= 15 is 0 Å². The van der Waals surface area contributed by atoms with Crippen LogP contribution in [-0.4, -0.2) is 17.0 Å². The van der Waals surface area contributed by atoms with Gasteiger partial charge in [0, 0.05) is 18.4 Å². The van der Waals surface area contributed by atoms with Crippen molar-refractivity contribution in [1.29, 1.82) is 0 Å². The monoisotopic (exact) mass is 240 g/mol. The van der Waals surface area contributed by atoms with Gasteiger partial charge in [-0.15, -0.1) is 0 Å². The lowest BCUT2D eigenvalue weighted by Gasteiger charge is -1.99. The van der Waals surface area contributed by atoms with Crippen LogP contribution in [-0.2, 0) is 11.2 Å². The highest BCUT2D eigenvalue weighted by molar-refractivity contribution is 5.93. The quantitative estimate of drug-likeness (QED) is 0.800. The minimum absolute atomic E-state index is 0.0600. The topological polar surface area (TPSA) is 76.7 Å². The van der Waals surface area contributed by atoms with Crippen molar-refractivity contribution < 1.29 is 23.8 Å². The van der Waals surface area contributed by atoms with Gasteiger partial charge in [-0.05, 0) is 13.3 Å². The zero-order valence-electron chi connectivity index (χ0n) is 10.2. The number of carbonyl (C=O) groups excluding carboxylic acids is 1. The Bertz CT molecular complexity index is 430. The summed E-state index contributed by atoms with van der Waals surface area (Å²) in [5.74, 6) is -1.30. The van der Waals surface area contributed by atoms with Crippen LogP contribution in [0.25, 0.3) is 0 Å². The van der Waals surface area contributed by atoms with Crippen molar-refractivity contribution in [3.05, 3.63) is 16.9 Å². The maximum atomic E-state index is 11.2. The second-order valence-corrected chi connectivity index (χ2v) is 3.70. The lowest BCUT2D eigenvalue weighted by Crippen LogP contribution is -2.08. The molecule has 94 valence electrons. The van der Waals surface area contributed by atoms with E-state index in [2.05, 4.69) is 0 Å². The summed E-state index contributed by atoms with van der Waals surface area (Å²) in [6.07, 6.45) is 1.62. The van der Waals surface area contributed by atoms with Crippen molar-refractivity contribution in [2.24, 2.45) is 0 Å². The molecule has 5 heteroatoms. The molecule has 0 fully saturated rings. The number of carboxylic acid groups (broad SMARTS) is 1. The lowest BCUT2D eigenvalue weighted by molar-refractivity contribution is -0.135. The maximum Gasteiger partial charge on any atom is 0.343 e. The van der Waals surface area contributed by atoms with Crippen molar-refractivity contribution in [3.63, 3.8) is 0 Å². The molecule has 0 radical (unpaired) electrons. The average molecular weight is 240 g/mol. The molecule has 0 spiro atoms. The van der Waals surface area contributed by atoms with Gasteiger partial charge in [0.1, 0.15) is 11.3 Å². The third-order valence-corrected chi connectivity index (χ3v) is 2.40. The first kappa shape index (κ1) is 13.3. The molecule has 0 saturated carbocycles. The second kappa shape index (κ2) is 5.52. The largest absolute Gasteiger partial charge is 0.477 e. The molecule has 1 N–H and O–H groups in total. The summed E-state index contributed by atoms with van der Waals surface area (Å²) in [6, 6.07) is 0. The van der Waals surface area contributed by atoms with E-state index in [1.807, 2.05) is 6.92 Å². The molecular weight excluding hydrogens is 224 g/mol. The lowest BCUT2D eigenvalue weighted by atomic mass is 10.1. The van der Waals surface area contributed by atoms with E-state index in [9.17, 15) is 9.59 Å². The van der Waals surface area contributed by atoms with Gasteiger partial charge in [-0.2, -0.15) is 0 Å². The zero-order chi connectivity index (χ0) is 13.0. The van der Waals surface area contributed by atoms with Gasteiger partial charge in [0.25, 0.3) is 0 Å². The van der Waals surface area contributed by atoms with Crippen molar-refractivity contribution in [1.82, 2.24) is 0 Å². The van der Waals surface area contributed by atoms with Crippen LogP contribution in [0.3, 0.4) is 0 Å². The number of furan rings is 1. The van der Waals surface area contributed by atoms with E-state index < -0.39 is 11.9 Å². The summed E-state index contributed by atoms with van der Waals surface area (Å²) >= 11 is 0. The molecule has 0 bridgehead atoms. The van der Waals surface area contributed by atoms with Gasteiger partial charge >= 0.3 is 17.9 Å². The number of ether oxygens (including phenoxy) is 1. The molecule has 1 rings (SSSR count). The van der Waals surface area contributed by atoms with Crippen molar-refractivity contribution >= 4 is 11.9 Å². The number of esters is 1. The third-order valence-electron chi connectivity index (χ3n) is 2.40. The van der Waals surface area contributed by atoms with Crippen LogP contribution in [0, 0.1) is 6.92 Å². The summed E-state index contributed by atoms with van der Waals surface area (Å²) in [4.78, 5) is 22.2. The highest BCUT2D eigenvalue weighted by Crippen LogP contribution is 2.30. The Morgan fingerprint density at radius 2 is 2.00 bits per heavy atom. The van der Waals surface area contributed by atoms with Crippen LogP contribution in [0.2, 0.25) is 0 Å². The number of rotatable bonds is 5. The van der Waals surface area contributed by atoms with E-state index in [1.165, 1.54) is 0 Å². The Morgan fingerprint density at radius 3 is 2.47 bits per heavy atom. The molecule has 0 aliphatic heterocycles. The average Bonchev–Trinajstić information content (AvgIpc) is 2.56. The van der Waals surface area contributed by atoms with Gasteiger partial charge in [-0.3, -0.25) is 4.79 Å². The van der Waals surface area contributed by atoms with Crippen molar-refractivity contribution in [2.45, 2.75) is 40.0 Å². The van der Waals surface area contributed by atoms with E-state index in [-0.39, 0.29) is 17.9 Å². The predicted octanol–water partition coefficient (Wildman–Crippen LogP) is 2.55. The first-order valence-electron chi connectivity index (χ1n) is 5.57. The number of carbonyl (C=O) groups is 2. The Morgan fingerprint density at radius 1 is 1.35 bits per heavy atom. The van der Waals surface area contributed by atoms with Gasteiger partial charge in [0.05, 0.1) is 0 Å². The summed E-state index contributed by atoms with van der Waals surface area (Å²) in [7, 11) is 0. The maximum absolute atomic E-state index is 11.2. The standard InChI is InChI=1S/C12H16O5/c1-4-6-8-7(3)10(11(14)15)12(16-8)17-9(13)5-2/h4-6H2,1-3H3,(H,14,15). The fraction of sp³-hybridized carbons (Fsp3) is 0.500. The molecule has 0 aromatic carbocycles. The molecule has 0 atom stereocenters. The van der Waals surface area contributed by atoms with Gasteiger partial charge in [-0.1, -0.05) is 13.8 Å². The number of hydrogen-bond acceptors (Lipinski definition) is 4. The van der Waals surface area contributed by atoms with Crippen LogP contribution in [0.15, 0.2) is 4.42 Å². The minimum atomic E-state index is -1.15. The number of hydrogen-bond donors (Lipinski definition) is 1. The SMILES string of the molecule is CCCc1oc(OC(=O)CC)c(C(=O)O)c1C. The first-order valence-corrected chi connectivity index (χ1v) is 5.57. The Balaban J connectivity index is 3.14. The van der Waals surface area contributed by atoms with Gasteiger partial charge in [0.15, 0.2) is 0 Å². The first-order chi connectivity index (χ1) is 8.01.